The molecule has 3 aromatic rings. The van der Waals surface area contributed by atoms with Crippen LogP contribution in [0.2, 0.25) is 5.02 Å². The van der Waals surface area contributed by atoms with Gasteiger partial charge in [0.2, 0.25) is 0 Å². The summed E-state index contributed by atoms with van der Waals surface area (Å²) in [4.78, 5) is 19.4. The molecule has 4 nitrogen and oxygen atoms in total. The number of rotatable bonds is 8. The van der Waals surface area contributed by atoms with E-state index < -0.39 is 0 Å². The lowest BCUT2D eigenvalue weighted by molar-refractivity contribution is 0.0951. The van der Waals surface area contributed by atoms with Crippen LogP contribution in [-0.4, -0.2) is 18.2 Å². The van der Waals surface area contributed by atoms with E-state index in [2.05, 4.69) is 28.2 Å². The summed E-state index contributed by atoms with van der Waals surface area (Å²) in [5.41, 5.74) is 3.75. The summed E-state index contributed by atoms with van der Waals surface area (Å²) in [6.45, 7) is 2.61. The van der Waals surface area contributed by atoms with Crippen molar-refractivity contribution in [1.29, 1.82) is 0 Å². The summed E-state index contributed by atoms with van der Waals surface area (Å²) >= 11 is 11.5. The van der Waals surface area contributed by atoms with Gasteiger partial charge in [-0.3, -0.25) is 4.79 Å². The van der Waals surface area contributed by atoms with Crippen molar-refractivity contribution in [3.05, 3.63) is 79.1 Å². The van der Waals surface area contributed by atoms with E-state index >= 15 is 0 Å². The zero-order chi connectivity index (χ0) is 24.4. The van der Waals surface area contributed by atoms with Crippen LogP contribution in [0.1, 0.15) is 64.5 Å². The Labute approximate surface area is 223 Å². The third-order valence-electron chi connectivity index (χ3n) is 6.70. The Kier molecular flexibility index (Phi) is 7.61. The highest BCUT2D eigenvalue weighted by atomic mass is 79.9. The highest BCUT2D eigenvalue weighted by molar-refractivity contribution is 9.10. The van der Waals surface area contributed by atoms with Crippen molar-refractivity contribution in [2.24, 2.45) is 10.9 Å². The second-order valence-electron chi connectivity index (χ2n) is 9.27. The maximum atomic E-state index is 13.2. The van der Waals surface area contributed by atoms with Crippen molar-refractivity contribution < 1.29 is 9.53 Å². The molecule has 1 N–H and O–H groups in total. The van der Waals surface area contributed by atoms with Crippen molar-refractivity contribution in [2.75, 3.05) is 0 Å². The number of benzene rings is 2. The Morgan fingerprint density at radius 3 is 2.86 bits per heavy atom. The maximum absolute atomic E-state index is 13.2. The molecule has 2 aliphatic carbocycles. The molecular formula is C28H28BrClN2O2S. The van der Waals surface area contributed by atoms with Crippen molar-refractivity contribution in [2.45, 2.75) is 58.1 Å². The number of ether oxygens (including phenoxy) is 1. The number of carbonyl (C=O) groups is 1. The van der Waals surface area contributed by atoms with E-state index in [1.807, 2.05) is 48.7 Å². The van der Waals surface area contributed by atoms with Gasteiger partial charge in [-0.15, -0.1) is 11.3 Å². The summed E-state index contributed by atoms with van der Waals surface area (Å²) in [5.74, 6) is 1.43. The van der Waals surface area contributed by atoms with E-state index in [0.29, 0.717) is 29.3 Å². The Morgan fingerprint density at radius 2 is 2.09 bits per heavy atom. The van der Waals surface area contributed by atoms with Crippen molar-refractivity contribution in [1.82, 2.24) is 5.32 Å². The predicted molar refractivity (Wildman–Crippen MR) is 148 cm³/mol. The molecule has 182 valence electrons. The zero-order valence-electron chi connectivity index (χ0n) is 19.7. The molecule has 1 saturated carbocycles. The quantitative estimate of drug-likeness (QED) is 0.279. The van der Waals surface area contributed by atoms with E-state index in [0.717, 1.165) is 58.3 Å². The average Bonchev–Trinajstić information content (AvgIpc) is 3.59. The number of nitrogens with one attached hydrogen (secondary N) is 1. The molecule has 1 amide bonds. The van der Waals surface area contributed by atoms with Gasteiger partial charge in [-0.05, 0) is 67.9 Å². The number of halogens is 2. The summed E-state index contributed by atoms with van der Waals surface area (Å²) in [6.07, 6.45) is 8.25. The molecule has 1 fully saturated rings. The van der Waals surface area contributed by atoms with Crippen LogP contribution in [0, 0.1) is 5.92 Å². The van der Waals surface area contributed by atoms with Gasteiger partial charge in [0, 0.05) is 37.8 Å². The fraction of sp³-hybridized carbons (Fsp3) is 0.357. The van der Waals surface area contributed by atoms with Crippen LogP contribution in [0.5, 0.6) is 5.75 Å². The van der Waals surface area contributed by atoms with E-state index in [1.165, 1.54) is 16.9 Å². The van der Waals surface area contributed by atoms with E-state index in [9.17, 15) is 4.79 Å². The minimum atomic E-state index is 0.0246. The number of hydrogen-bond acceptors (Lipinski definition) is 4. The first kappa shape index (κ1) is 24.5. The summed E-state index contributed by atoms with van der Waals surface area (Å²) < 4.78 is 7.06. The minimum absolute atomic E-state index is 0.0246. The molecule has 7 heteroatoms. The molecule has 0 aliphatic heterocycles. The lowest BCUT2D eigenvalue weighted by Crippen LogP contribution is -2.26. The van der Waals surface area contributed by atoms with Crippen LogP contribution >= 0.6 is 38.9 Å². The fourth-order valence-electron chi connectivity index (χ4n) is 4.45. The lowest BCUT2D eigenvalue weighted by atomic mass is 9.85. The van der Waals surface area contributed by atoms with Gasteiger partial charge in [-0.1, -0.05) is 59.1 Å². The van der Waals surface area contributed by atoms with Crippen LogP contribution in [0.3, 0.4) is 0 Å². The standard InChI is InChI=1S/C28H28BrClN2O2S/c1-2-17-7-11-22-25(13-17)35-28(26(22)27(33)32-21-9-10-21)31-15-19-14-20(29)8-12-24(19)34-16-18-5-3-4-6-23(18)30/h3-6,8,12,14-15,17,21H,2,7,9-11,13,16H2,1H3,(H,32,33). The molecule has 0 spiro atoms. The summed E-state index contributed by atoms with van der Waals surface area (Å²) in [7, 11) is 0. The van der Waals surface area contributed by atoms with Crippen LogP contribution in [0.4, 0.5) is 5.00 Å². The Bertz CT molecular complexity index is 1270. The average molecular weight is 572 g/mol. The molecule has 1 unspecified atom stereocenters. The molecule has 1 aromatic heterocycles. The molecule has 5 rings (SSSR count). The highest BCUT2D eigenvalue weighted by Crippen LogP contribution is 2.42. The first-order valence-corrected chi connectivity index (χ1v) is 14.2. The van der Waals surface area contributed by atoms with Crippen molar-refractivity contribution in [3.63, 3.8) is 0 Å². The van der Waals surface area contributed by atoms with Crippen LogP contribution in [0.15, 0.2) is 51.9 Å². The maximum Gasteiger partial charge on any atom is 0.254 e. The van der Waals surface area contributed by atoms with Gasteiger partial charge in [0.05, 0.1) is 5.56 Å². The first-order valence-electron chi connectivity index (χ1n) is 12.2. The largest absolute Gasteiger partial charge is 0.488 e. The summed E-state index contributed by atoms with van der Waals surface area (Å²) in [6, 6.07) is 13.8. The first-order chi connectivity index (χ1) is 17.0. The van der Waals surface area contributed by atoms with Gasteiger partial charge >= 0.3 is 0 Å². The number of carbonyl (C=O) groups excluding carboxylic acids is 1. The third-order valence-corrected chi connectivity index (χ3v) is 8.72. The van der Waals surface area contributed by atoms with Crippen molar-refractivity contribution in [3.8, 4) is 5.75 Å². The molecule has 0 radical (unpaired) electrons. The van der Waals surface area contributed by atoms with Crippen LogP contribution in [0.25, 0.3) is 0 Å². The van der Waals surface area contributed by atoms with E-state index in [1.54, 1.807) is 11.3 Å². The Morgan fingerprint density at radius 1 is 1.26 bits per heavy atom. The van der Waals surface area contributed by atoms with Crippen LogP contribution < -0.4 is 10.1 Å². The van der Waals surface area contributed by atoms with Crippen LogP contribution in [-0.2, 0) is 19.4 Å². The summed E-state index contributed by atoms with van der Waals surface area (Å²) in [5, 5.41) is 4.66. The van der Waals surface area contributed by atoms with Gasteiger partial charge in [0.25, 0.3) is 5.91 Å². The minimum Gasteiger partial charge on any atom is -0.488 e. The number of hydrogen-bond donors (Lipinski definition) is 1. The molecule has 2 aliphatic rings. The number of fused-ring (bicyclic) bond motifs is 1. The lowest BCUT2D eigenvalue weighted by Gasteiger charge is -2.21. The molecule has 1 atom stereocenters. The monoisotopic (exact) mass is 570 g/mol. The Balaban J connectivity index is 1.44. The fourth-order valence-corrected chi connectivity index (χ4v) is 6.32. The number of amides is 1. The zero-order valence-corrected chi connectivity index (χ0v) is 22.8. The molecule has 0 saturated heterocycles. The predicted octanol–water partition coefficient (Wildman–Crippen LogP) is 7.90. The van der Waals surface area contributed by atoms with E-state index in [-0.39, 0.29) is 5.91 Å². The SMILES string of the molecule is CCC1CCc2c(sc(N=Cc3cc(Br)ccc3OCc3ccccc3Cl)c2C(=O)NC2CC2)C1. The van der Waals surface area contributed by atoms with Gasteiger partial charge in [0.1, 0.15) is 17.4 Å². The molecular weight excluding hydrogens is 544 g/mol. The number of aliphatic imine (C=N–C) groups is 1. The molecule has 35 heavy (non-hydrogen) atoms. The normalized spacial score (nSPS) is 17.4. The molecule has 2 aromatic carbocycles. The highest BCUT2D eigenvalue weighted by Gasteiger charge is 2.31. The van der Waals surface area contributed by atoms with E-state index in [4.69, 9.17) is 21.3 Å². The Hall–Kier alpha value is -2.15. The van der Waals surface area contributed by atoms with Gasteiger partial charge in [-0.2, -0.15) is 0 Å². The second-order valence-corrected chi connectivity index (χ2v) is 11.7. The van der Waals surface area contributed by atoms with Gasteiger partial charge in [0.15, 0.2) is 0 Å². The molecule has 0 bridgehead atoms. The van der Waals surface area contributed by atoms with Gasteiger partial charge in [-0.25, -0.2) is 4.99 Å². The third kappa shape index (κ3) is 5.82. The smallest absolute Gasteiger partial charge is 0.254 e. The second kappa shape index (κ2) is 10.9. The van der Waals surface area contributed by atoms with Crippen molar-refractivity contribution >= 4 is 56.0 Å². The number of thiophene rings is 1. The topological polar surface area (TPSA) is 50.7 Å². The molecule has 1 heterocycles. The number of nitrogens with zero attached hydrogens (tertiary/aromatic N) is 1. The van der Waals surface area contributed by atoms with Gasteiger partial charge < -0.3 is 10.1 Å².